The summed E-state index contributed by atoms with van der Waals surface area (Å²) in [5, 5.41) is 2.99. The molecule has 112 valence electrons. The summed E-state index contributed by atoms with van der Waals surface area (Å²) in [5.41, 5.74) is -0.479. The van der Waals surface area contributed by atoms with Gasteiger partial charge in [-0.05, 0) is 51.1 Å². The molecule has 1 aliphatic rings. The van der Waals surface area contributed by atoms with Crippen LogP contribution >= 0.6 is 15.9 Å². The molecule has 0 bridgehead atoms. The van der Waals surface area contributed by atoms with Crippen LogP contribution in [0.25, 0.3) is 0 Å². The SMILES string of the molecule is CC(CN1CCCC1)Nc1ccc(Br)cc1C(F)(F)F. The number of rotatable bonds is 4. The van der Waals surface area contributed by atoms with Crippen molar-refractivity contribution in [3.05, 3.63) is 28.2 Å². The standard InChI is InChI=1S/C14H18BrF3N2/c1-10(9-20-6-2-3-7-20)19-13-5-4-11(15)8-12(13)14(16,17)18/h4-5,8,10,19H,2-3,6-7,9H2,1H3. The normalized spacial score (nSPS) is 18.2. The van der Waals surface area contributed by atoms with Gasteiger partial charge in [0.15, 0.2) is 0 Å². The maximum Gasteiger partial charge on any atom is 0.418 e. The van der Waals surface area contributed by atoms with Crippen LogP contribution in [0, 0.1) is 0 Å². The third-order valence-electron chi connectivity index (χ3n) is 3.42. The second-order valence-corrected chi connectivity index (χ2v) is 6.16. The average molecular weight is 351 g/mol. The van der Waals surface area contributed by atoms with Crippen molar-refractivity contribution < 1.29 is 13.2 Å². The first kappa shape index (κ1) is 15.6. The van der Waals surface area contributed by atoms with Crippen LogP contribution in [0.1, 0.15) is 25.3 Å². The molecule has 1 aromatic rings. The molecule has 0 amide bonds. The lowest BCUT2D eigenvalue weighted by Gasteiger charge is -2.24. The van der Waals surface area contributed by atoms with Crippen LogP contribution in [0.2, 0.25) is 0 Å². The van der Waals surface area contributed by atoms with Crippen molar-refractivity contribution in [2.75, 3.05) is 25.0 Å². The molecular weight excluding hydrogens is 333 g/mol. The van der Waals surface area contributed by atoms with Crippen molar-refractivity contribution in [2.24, 2.45) is 0 Å². The maximum absolute atomic E-state index is 13.0. The second kappa shape index (κ2) is 6.35. The zero-order chi connectivity index (χ0) is 14.8. The molecule has 0 aromatic heterocycles. The molecule has 6 heteroatoms. The van der Waals surface area contributed by atoms with Crippen LogP contribution in [0.4, 0.5) is 18.9 Å². The largest absolute Gasteiger partial charge is 0.418 e. The van der Waals surface area contributed by atoms with Crippen molar-refractivity contribution in [2.45, 2.75) is 32.0 Å². The molecule has 20 heavy (non-hydrogen) atoms. The Labute approximate surface area is 125 Å². The summed E-state index contributed by atoms with van der Waals surface area (Å²) in [5.74, 6) is 0. The van der Waals surface area contributed by atoms with Crippen LogP contribution in [0.15, 0.2) is 22.7 Å². The van der Waals surface area contributed by atoms with E-state index in [9.17, 15) is 13.2 Å². The van der Waals surface area contributed by atoms with Crippen molar-refractivity contribution in [1.82, 2.24) is 4.90 Å². The summed E-state index contributed by atoms with van der Waals surface area (Å²) in [7, 11) is 0. The Hall–Kier alpha value is -0.750. The van der Waals surface area contributed by atoms with E-state index in [1.54, 1.807) is 6.07 Å². The number of hydrogen-bond acceptors (Lipinski definition) is 2. The van der Waals surface area contributed by atoms with Crippen LogP contribution in [-0.2, 0) is 6.18 Å². The molecule has 1 atom stereocenters. The van der Waals surface area contributed by atoms with Crippen LogP contribution in [0.3, 0.4) is 0 Å². The number of nitrogens with zero attached hydrogens (tertiary/aromatic N) is 1. The first-order chi connectivity index (χ1) is 9.36. The zero-order valence-corrected chi connectivity index (χ0v) is 12.9. The monoisotopic (exact) mass is 350 g/mol. The third-order valence-corrected chi connectivity index (χ3v) is 3.91. The first-order valence-electron chi connectivity index (χ1n) is 6.72. The van der Waals surface area contributed by atoms with Gasteiger partial charge in [-0.3, -0.25) is 0 Å². The van der Waals surface area contributed by atoms with E-state index in [4.69, 9.17) is 0 Å². The maximum atomic E-state index is 13.0. The van der Waals surface area contributed by atoms with Gasteiger partial charge < -0.3 is 10.2 Å². The van der Waals surface area contributed by atoms with Crippen LogP contribution in [-0.4, -0.2) is 30.6 Å². The summed E-state index contributed by atoms with van der Waals surface area (Å²) in [6, 6.07) is 4.20. The van der Waals surface area contributed by atoms with E-state index >= 15 is 0 Å². The first-order valence-corrected chi connectivity index (χ1v) is 7.51. The molecule has 0 saturated carbocycles. The van der Waals surface area contributed by atoms with Gasteiger partial charge in [-0.15, -0.1) is 0 Å². The zero-order valence-electron chi connectivity index (χ0n) is 11.3. The molecule has 1 fully saturated rings. The lowest BCUT2D eigenvalue weighted by Crippen LogP contribution is -2.33. The minimum Gasteiger partial charge on any atom is -0.381 e. The van der Waals surface area contributed by atoms with Crippen molar-refractivity contribution in [3.8, 4) is 0 Å². The number of nitrogens with one attached hydrogen (secondary N) is 1. The Morgan fingerprint density at radius 3 is 2.55 bits per heavy atom. The minimum absolute atomic E-state index is 0.0182. The van der Waals surface area contributed by atoms with Crippen molar-refractivity contribution >= 4 is 21.6 Å². The van der Waals surface area contributed by atoms with E-state index in [1.807, 2.05) is 6.92 Å². The highest BCUT2D eigenvalue weighted by Gasteiger charge is 2.34. The predicted molar refractivity (Wildman–Crippen MR) is 77.9 cm³/mol. The van der Waals surface area contributed by atoms with Gasteiger partial charge in [0.05, 0.1) is 5.56 Å². The Bertz CT molecular complexity index is 456. The minimum atomic E-state index is -4.35. The van der Waals surface area contributed by atoms with Gasteiger partial charge in [0.2, 0.25) is 0 Å². The Morgan fingerprint density at radius 2 is 1.95 bits per heavy atom. The number of anilines is 1. The van der Waals surface area contributed by atoms with Gasteiger partial charge in [-0.2, -0.15) is 13.2 Å². The summed E-state index contributed by atoms with van der Waals surface area (Å²) in [6.07, 6.45) is -1.99. The molecule has 1 saturated heterocycles. The van der Waals surface area contributed by atoms with E-state index in [-0.39, 0.29) is 11.7 Å². The van der Waals surface area contributed by atoms with E-state index in [2.05, 4.69) is 26.1 Å². The average Bonchev–Trinajstić information content (AvgIpc) is 2.82. The Morgan fingerprint density at radius 1 is 1.30 bits per heavy atom. The van der Waals surface area contributed by atoms with Gasteiger partial charge in [0.1, 0.15) is 0 Å². The fourth-order valence-corrected chi connectivity index (χ4v) is 2.90. The molecule has 0 spiro atoms. The summed E-state index contributed by atoms with van der Waals surface area (Å²) >= 11 is 3.09. The van der Waals surface area contributed by atoms with Gasteiger partial charge in [-0.25, -0.2) is 0 Å². The van der Waals surface area contributed by atoms with Crippen LogP contribution in [0.5, 0.6) is 0 Å². The van der Waals surface area contributed by atoms with E-state index in [0.29, 0.717) is 4.47 Å². The van der Waals surface area contributed by atoms with E-state index < -0.39 is 11.7 Å². The molecule has 1 heterocycles. The van der Waals surface area contributed by atoms with Gasteiger partial charge in [0, 0.05) is 22.7 Å². The molecule has 1 N–H and O–H groups in total. The highest BCUT2D eigenvalue weighted by atomic mass is 79.9. The molecule has 1 unspecified atom stereocenters. The topological polar surface area (TPSA) is 15.3 Å². The molecule has 2 nitrogen and oxygen atoms in total. The highest BCUT2D eigenvalue weighted by molar-refractivity contribution is 9.10. The highest BCUT2D eigenvalue weighted by Crippen LogP contribution is 2.36. The molecule has 2 rings (SSSR count). The van der Waals surface area contributed by atoms with Gasteiger partial charge in [-0.1, -0.05) is 15.9 Å². The molecule has 1 aromatic carbocycles. The fraction of sp³-hybridized carbons (Fsp3) is 0.571. The smallest absolute Gasteiger partial charge is 0.381 e. The number of halogens is 4. The number of hydrogen-bond donors (Lipinski definition) is 1. The summed E-state index contributed by atoms with van der Waals surface area (Å²) in [4.78, 5) is 2.28. The van der Waals surface area contributed by atoms with Gasteiger partial charge in [0.25, 0.3) is 0 Å². The molecule has 1 aliphatic heterocycles. The number of benzene rings is 1. The number of likely N-dealkylation sites (tertiary alicyclic amines) is 1. The van der Waals surface area contributed by atoms with Gasteiger partial charge >= 0.3 is 6.18 Å². The third kappa shape index (κ3) is 4.12. The Balaban J connectivity index is 2.08. The van der Waals surface area contributed by atoms with Crippen LogP contribution < -0.4 is 5.32 Å². The summed E-state index contributed by atoms with van der Waals surface area (Å²) < 4.78 is 39.5. The summed E-state index contributed by atoms with van der Waals surface area (Å²) in [6.45, 7) is 4.77. The number of alkyl halides is 3. The molecule has 0 aliphatic carbocycles. The Kier molecular flexibility index (Phi) is 4.96. The lowest BCUT2D eigenvalue weighted by atomic mass is 10.1. The predicted octanol–water partition coefficient (Wildman–Crippen LogP) is 4.36. The van der Waals surface area contributed by atoms with Crippen molar-refractivity contribution in [1.29, 1.82) is 0 Å². The lowest BCUT2D eigenvalue weighted by molar-refractivity contribution is -0.137. The second-order valence-electron chi connectivity index (χ2n) is 5.24. The van der Waals surface area contributed by atoms with E-state index in [1.165, 1.54) is 18.9 Å². The molecule has 0 radical (unpaired) electrons. The molecular formula is C14H18BrF3N2. The van der Waals surface area contributed by atoms with Crippen molar-refractivity contribution in [3.63, 3.8) is 0 Å². The fourth-order valence-electron chi connectivity index (χ4n) is 2.54. The quantitative estimate of drug-likeness (QED) is 0.867. The van der Waals surface area contributed by atoms with E-state index in [0.717, 1.165) is 25.7 Å².